The zero-order chi connectivity index (χ0) is 19.7. The van der Waals surface area contributed by atoms with Gasteiger partial charge in [0.05, 0.1) is 14.2 Å². The number of carbonyl (C=O) groups is 2. The molecule has 2 aromatic rings. The van der Waals surface area contributed by atoms with Gasteiger partial charge in [0, 0.05) is 11.1 Å². The van der Waals surface area contributed by atoms with Crippen LogP contribution in [0.3, 0.4) is 0 Å². The number of allylic oxidation sites excluding steroid dienone is 8. The van der Waals surface area contributed by atoms with E-state index in [1.807, 2.05) is 48.6 Å². The molecule has 2 aliphatic rings. The molecule has 4 heteroatoms. The van der Waals surface area contributed by atoms with Crippen LogP contribution in [-0.4, -0.2) is 25.8 Å². The van der Waals surface area contributed by atoms with Crippen molar-refractivity contribution in [3.05, 3.63) is 107 Å². The minimum Gasteiger partial charge on any atom is -0.493 e. The minimum atomic E-state index is -0.127. The van der Waals surface area contributed by atoms with Gasteiger partial charge in [-0.2, -0.15) is 0 Å². The Morgan fingerprint density at radius 3 is 1.32 bits per heavy atom. The summed E-state index contributed by atoms with van der Waals surface area (Å²) in [5.41, 5.74) is 4.64. The number of benzene rings is 2. The highest BCUT2D eigenvalue weighted by molar-refractivity contribution is 6.16. The molecule has 0 fully saturated rings. The van der Waals surface area contributed by atoms with Gasteiger partial charge in [0.1, 0.15) is 0 Å². The quantitative estimate of drug-likeness (QED) is 0.792. The Labute approximate surface area is 163 Å². The third kappa shape index (κ3) is 2.89. The summed E-state index contributed by atoms with van der Waals surface area (Å²) in [4.78, 5) is 25.0. The summed E-state index contributed by atoms with van der Waals surface area (Å²) >= 11 is 0. The van der Waals surface area contributed by atoms with Gasteiger partial charge in [0.15, 0.2) is 11.5 Å². The maximum atomic E-state index is 12.5. The maximum Gasteiger partial charge on any atom is 0.228 e. The predicted molar refractivity (Wildman–Crippen MR) is 108 cm³/mol. The molecule has 0 amide bonds. The lowest BCUT2D eigenvalue weighted by Crippen LogP contribution is -2.13. The molecule has 0 heterocycles. The Balaban J connectivity index is 1.86. The van der Waals surface area contributed by atoms with Gasteiger partial charge in [-0.05, 0) is 34.4 Å². The van der Waals surface area contributed by atoms with Crippen LogP contribution < -0.4 is 0 Å². The van der Waals surface area contributed by atoms with Crippen LogP contribution in [-0.2, 0) is 9.47 Å². The van der Waals surface area contributed by atoms with Crippen LogP contribution in [0.15, 0.2) is 84.4 Å². The second-order valence-corrected chi connectivity index (χ2v) is 6.42. The maximum absolute atomic E-state index is 12.5. The summed E-state index contributed by atoms with van der Waals surface area (Å²) in [5.74, 6) is 0.350. The zero-order valence-electron chi connectivity index (χ0n) is 15.6. The zero-order valence-corrected chi connectivity index (χ0v) is 15.6. The second kappa shape index (κ2) is 7.16. The fourth-order valence-electron chi connectivity index (χ4n) is 3.46. The standard InChI is InChI=1S/C24H18O4/c1-27-21-13-15(17-7-3-5-9-19(17)23(21)25)11-12-16-14-22(28-2)24(26)20-10-6-4-8-18(16)20/h3-14H,1-2H3/b15-11-,16-12-. The first kappa shape index (κ1) is 17.7. The van der Waals surface area contributed by atoms with Crippen LogP contribution in [0.2, 0.25) is 0 Å². The first-order valence-corrected chi connectivity index (χ1v) is 8.85. The molecule has 0 N–H and O–H groups in total. The molecule has 0 unspecified atom stereocenters. The second-order valence-electron chi connectivity index (χ2n) is 6.42. The topological polar surface area (TPSA) is 52.6 Å². The highest BCUT2D eigenvalue weighted by atomic mass is 16.5. The normalized spacial score (nSPS) is 18.4. The SMILES string of the molecule is COC1=C/C(=C/C=C2/C=C(OC)C(=O)c3ccccc32)c2ccccc2C1=O. The molecule has 0 bridgehead atoms. The Bertz CT molecular complexity index is 1020. The fraction of sp³-hybridized carbons (Fsp3) is 0.0833. The summed E-state index contributed by atoms with van der Waals surface area (Å²) in [5, 5.41) is 0. The van der Waals surface area contributed by atoms with Crippen molar-refractivity contribution in [1.82, 2.24) is 0 Å². The number of ether oxygens (including phenoxy) is 2. The van der Waals surface area contributed by atoms with Crippen molar-refractivity contribution in [2.45, 2.75) is 0 Å². The van der Waals surface area contributed by atoms with Crippen molar-refractivity contribution < 1.29 is 19.1 Å². The Morgan fingerprint density at radius 1 is 0.607 bits per heavy atom. The highest BCUT2D eigenvalue weighted by Gasteiger charge is 2.25. The van der Waals surface area contributed by atoms with E-state index in [1.165, 1.54) is 14.2 Å². The third-order valence-electron chi connectivity index (χ3n) is 4.87. The molecule has 0 saturated carbocycles. The molecular weight excluding hydrogens is 352 g/mol. The van der Waals surface area contributed by atoms with Crippen LogP contribution in [0.4, 0.5) is 0 Å². The van der Waals surface area contributed by atoms with Crippen molar-refractivity contribution in [2.75, 3.05) is 14.2 Å². The molecule has 28 heavy (non-hydrogen) atoms. The van der Waals surface area contributed by atoms with E-state index < -0.39 is 0 Å². The number of rotatable bonds is 3. The van der Waals surface area contributed by atoms with Crippen molar-refractivity contribution in [3.8, 4) is 0 Å². The molecule has 0 atom stereocenters. The predicted octanol–water partition coefficient (Wildman–Crippen LogP) is 4.61. The van der Waals surface area contributed by atoms with Gasteiger partial charge in [-0.1, -0.05) is 60.7 Å². The van der Waals surface area contributed by atoms with E-state index in [0.717, 1.165) is 22.3 Å². The number of hydrogen-bond acceptors (Lipinski definition) is 4. The summed E-state index contributed by atoms with van der Waals surface area (Å²) in [6, 6.07) is 14.9. The van der Waals surface area contributed by atoms with E-state index in [2.05, 4.69) is 0 Å². The lowest BCUT2D eigenvalue weighted by molar-refractivity contribution is 0.0945. The average Bonchev–Trinajstić information content (AvgIpc) is 2.75. The molecular formula is C24H18O4. The van der Waals surface area contributed by atoms with E-state index in [-0.39, 0.29) is 11.6 Å². The number of ketones is 2. The van der Waals surface area contributed by atoms with Crippen LogP contribution in [0.1, 0.15) is 31.8 Å². The number of hydrogen-bond donors (Lipinski definition) is 0. The summed E-state index contributed by atoms with van der Waals surface area (Å²) < 4.78 is 10.5. The number of fused-ring (bicyclic) bond motifs is 2. The monoisotopic (exact) mass is 370 g/mol. The van der Waals surface area contributed by atoms with Gasteiger partial charge in [-0.25, -0.2) is 0 Å². The number of carbonyl (C=O) groups excluding carboxylic acids is 2. The van der Waals surface area contributed by atoms with E-state index in [1.54, 1.807) is 24.3 Å². The molecule has 0 radical (unpaired) electrons. The van der Waals surface area contributed by atoms with Crippen molar-refractivity contribution >= 4 is 22.7 Å². The van der Waals surface area contributed by atoms with Crippen LogP contribution in [0.25, 0.3) is 11.1 Å². The molecule has 0 aromatic heterocycles. The van der Waals surface area contributed by atoms with Gasteiger partial charge in [-0.3, -0.25) is 9.59 Å². The molecule has 0 spiro atoms. The summed E-state index contributed by atoms with van der Waals surface area (Å²) in [6.07, 6.45) is 7.33. The van der Waals surface area contributed by atoms with Gasteiger partial charge in [-0.15, -0.1) is 0 Å². The van der Waals surface area contributed by atoms with Crippen LogP contribution in [0.5, 0.6) is 0 Å². The first-order chi connectivity index (χ1) is 13.6. The van der Waals surface area contributed by atoms with E-state index >= 15 is 0 Å². The Kier molecular flexibility index (Phi) is 4.53. The number of methoxy groups -OCH3 is 2. The molecule has 4 nitrogen and oxygen atoms in total. The molecule has 138 valence electrons. The number of Topliss-reactive ketones (excluding diaryl/α,β-unsaturated/α-hetero) is 2. The van der Waals surface area contributed by atoms with Crippen molar-refractivity contribution in [1.29, 1.82) is 0 Å². The minimum absolute atomic E-state index is 0.127. The lowest BCUT2D eigenvalue weighted by atomic mass is 9.88. The van der Waals surface area contributed by atoms with Crippen molar-refractivity contribution in [3.63, 3.8) is 0 Å². The van der Waals surface area contributed by atoms with Gasteiger partial charge in [0.25, 0.3) is 0 Å². The van der Waals surface area contributed by atoms with E-state index in [9.17, 15) is 9.59 Å². The highest BCUT2D eigenvalue weighted by Crippen LogP contribution is 2.32. The molecule has 0 saturated heterocycles. The lowest BCUT2D eigenvalue weighted by Gasteiger charge is -2.18. The molecule has 0 aliphatic heterocycles. The van der Waals surface area contributed by atoms with Crippen LogP contribution >= 0.6 is 0 Å². The van der Waals surface area contributed by atoms with Crippen molar-refractivity contribution in [2.24, 2.45) is 0 Å². The van der Waals surface area contributed by atoms with Crippen LogP contribution in [0, 0.1) is 0 Å². The fourth-order valence-corrected chi connectivity index (χ4v) is 3.46. The largest absolute Gasteiger partial charge is 0.493 e. The smallest absolute Gasteiger partial charge is 0.228 e. The summed E-state index contributed by atoms with van der Waals surface area (Å²) in [6.45, 7) is 0. The molecule has 2 aromatic carbocycles. The third-order valence-corrected chi connectivity index (χ3v) is 4.87. The van der Waals surface area contributed by atoms with Gasteiger partial charge >= 0.3 is 0 Å². The molecule has 4 rings (SSSR count). The first-order valence-electron chi connectivity index (χ1n) is 8.85. The summed E-state index contributed by atoms with van der Waals surface area (Å²) in [7, 11) is 2.98. The van der Waals surface area contributed by atoms with E-state index in [4.69, 9.17) is 9.47 Å². The molecule has 2 aliphatic carbocycles. The van der Waals surface area contributed by atoms with E-state index in [0.29, 0.717) is 22.6 Å². The van der Waals surface area contributed by atoms with Gasteiger partial charge in [0.2, 0.25) is 11.6 Å². The Morgan fingerprint density at radius 2 is 0.964 bits per heavy atom. The van der Waals surface area contributed by atoms with Gasteiger partial charge < -0.3 is 9.47 Å². The average molecular weight is 370 g/mol. The Hall–Kier alpha value is -3.66.